The highest BCUT2D eigenvalue weighted by atomic mass is 16.5. The average molecular weight is 855 g/mol. The van der Waals surface area contributed by atoms with E-state index < -0.39 is 65.8 Å². The first-order valence-corrected chi connectivity index (χ1v) is 20.6. The van der Waals surface area contributed by atoms with Crippen LogP contribution < -0.4 is 21.3 Å². The van der Waals surface area contributed by atoms with Crippen molar-refractivity contribution >= 4 is 47.1 Å². The van der Waals surface area contributed by atoms with Crippen molar-refractivity contribution in [2.24, 2.45) is 0 Å². The van der Waals surface area contributed by atoms with Gasteiger partial charge in [0.25, 0.3) is 23.6 Å². The Morgan fingerprint density at radius 3 is 1.52 bits per heavy atom. The van der Waals surface area contributed by atoms with E-state index in [1.54, 1.807) is 62.4 Å². The smallest absolute Gasteiger partial charge is 0.325 e. The molecular formula is C43H58N4O14. The van der Waals surface area contributed by atoms with Crippen LogP contribution in [0.5, 0.6) is 0 Å². The van der Waals surface area contributed by atoms with Crippen LogP contribution >= 0.6 is 0 Å². The van der Waals surface area contributed by atoms with Crippen molar-refractivity contribution < 1.29 is 66.8 Å². The molecule has 4 N–H and O–H groups in total. The van der Waals surface area contributed by atoms with Gasteiger partial charge in [0.1, 0.15) is 6.54 Å². The molecule has 0 spiro atoms. The Labute approximate surface area is 355 Å². The van der Waals surface area contributed by atoms with Gasteiger partial charge in [-0.05, 0) is 75.6 Å². The second-order valence-electron chi connectivity index (χ2n) is 13.7. The fourth-order valence-electron chi connectivity index (χ4n) is 6.02. The Balaban J connectivity index is 0.000000325. The van der Waals surface area contributed by atoms with Gasteiger partial charge in [0.05, 0.1) is 71.4 Å². The highest BCUT2D eigenvalue weighted by Gasteiger charge is 2.29. The molecule has 334 valence electrons. The van der Waals surface area contributed by atoms with Gasteiger partial charge in [-0.25, -0.2) is 0 Å². The summed E-state index contributed by atoms with van der Waals surface area (Å²) in [6, 6.07) is 11.9. The van der Waals surface area contributed by atoms with Crippen LogP contribution in [0.15, 0.2) is 48.5 Å². The van der Waals surface area contributed by atoms with Crippen molar-refractivity contribution in [1.82, 2.24) is 21.3 Å². The Bertz CT molecular complexity index is 1770. The van der Waals surface area contributed by atoms with Crippen molar-refractivity contribution in [3.8, 4) is 0 Å². The molecule has 0 aliphatic carbocycles. The van der Waals surface area contributed by atoms with Crippen LogP contribution in [-0.4, -0.2) is 125 Å². The molecule has 0 fully saturated rings. The summed E-state index contributed by atoms with van der Waals surface area (Å²) in [5.41, 5.74) is 2.12. The van der Waals surface area contributed by atoms with Crippen LogP contribution in [0, 0.1) is 0 Å². The van der Waals surface area contributed by atoms with Gasteiger partial charge >= 0.3 is 11.9 Å². The minimum Gasteiger partial charge on any atom is -0.466 e. The van der Waals surface area contributed by atoms with Crippen molar-refractivity contribution in [2.45, 2.75) is 84.1 Å². The largest absolute Gasteiger partial charge is 0.466 e. The summed E-state index contributed by atoms with van der Waals surface area (Å²) in [4.78, 5) is 98.3. The average Bonchev–Trinajstić information content (AvgIpc) is 3.25. The van der Waals surface area contributed by atoms with Gasteiger partial charge in [0.2, 0.25) is 11.6 Å². The summed E-state index contributed by atoms with van der Waals surface area (Å²) in [6.07, 6.45) is 3.06. The number of carbonyl (C=O) groups excluding carboxylic acids is 8. The topological polar surface area (TPSA) is 240 Å². The standard InChI is InChI=1S/C22H30N2O7.C21H28N2O7/c1-2-31-19(25)10-11-23-22(28)20(26)18-9-5-6-12-29-13-14-30-15-16-7-3-4-8-17(16)21(27)24-18;1-2-30-18(24)13-22-21(27)19(25)17-9-5-6-10-28-11-12-29-14-15-7-3-4-8-16(15)20(26)23-17/h3-4,7-8,18H,2,5-6,9-15H2,1H3,(H,23,28)(H,24,27);3-4,7-8,17H,2,5-6,9-14H2,1H3,(H,22,27)(H,23,26). The normalized spacial score (nSPS) is 18.2. The van der Waals surface area contributed by atoms with Crippen LogP contribution in [0.1, 0.15) is 90.6 Å². The molecule has 4 amide bonds. The Morgan fingerprint density at radius 2 is 1.03 bits per heavy atom. The van der Waals surface area contributed by atoms with E-state index in [1.807, 2.05) is 0 Å². The highest BCUT2D eigenvalue weighted by Crippen LogP contribution is 2.14. The zero-order valence-corrected chi connectivity index (χ0v) is 34.9. The van der Waals surface area contributed by atoms with Crippen molar-refractivity contribution in [3.05, 3.63) is 70.8 Å². The number of hydrogen-bond donors (Lipinski definition) is 4. The van der Waals surface area contributed by atoms with Gasteiger partial charge < -0.3 is 49.7 Å². The molecule has 2 aromatic carbocycles. The molecule has 2 aliphatic heterocycles. The number of esters is 2. The summed E-state index contributed by atoms with van der Waals surface area (Å²) in [5.74, 6) is -5.34. The van der Waals surface area contributed by atoms with Crippen LogP contribution in [0.4, 0.5) is 0 Å². The highest BCUT2D eigenvalue weighted by molar-refractivity contribution is 6.39. The molecule has 0 saturated carbocycles. The van der Waals surface area contributed by atoms with Crippen LogP contribution in [-0.2, 0) is 70.4 Å². The lowest BCUT2D eigenvalue weighted by Gasteiger charge is -2.19. The second-order valence-corrected chi connectivity index (χ2v) is 13.7. The van der Waals surface area contributed by atoms with Crippen molar-refractivity contribution in [2.75, 3.05) is 65.9 Å². The minimum atomic E-state index is -1.02. The maximum atomic E-state index is 12.9. The molecule has 0 saturated heterocycles. The lowest BCUT2D eigenvalue weighted by atomic mass is 10.0. The SMILES string of the molecule is CCOC(=O)CCNC(=O)C(=O)C1CCCCOCCOCc2ccccc2C(=O)N1.CCOC(=O)CNC(=O)C(=O)C1CCCCOCCOCc2ccccc2C(=O)N1. The number of benzene rings is 2. The Kier molecular flexibility index (Phi) is 23.5. The van der Waals surface area contributed by atoms with E-state index in [1.165, 1.54) is 0 Å². The summed E-state index contributed by atoms with van der Waals surface area (Å²) < 4.78 is 31.6. The van der Waals surface area contributed by atoms with Crippen molar-refractivity contribution in [3.63, 3.8) is 0 Å². The predicted molar refractivity (Wildman–Crippen MR) is 218 cm³/mol. The van der Waals surface area contributed by atoms with Gasteiger partial charge in [-0.2, -0.15) is 0 Å². The minimum absolute atomic E-state index is 0.0158. The fraction of sp³-hybridized carbons (Fsp3) is 0.535. The first-order chi connectivity index (χ1) is 29.5. The monoisotopic (exact) mass is 854 g/mol. The van der Waals surface area contributed by atoms with Crippen molar-refractivity contribution in [1.29, 1.82) is 0 Å². The first kappa shape index (κ1) is 49.8. The summed E-state index contributed by atoms with van der Waals surface area (Å²) >= 11 is 0. The predicted octanol–water partition coefficient (Wildman–Crippen LogP) is 1.89. The molecule has 61 heavy (non-hydrogen) atoms. The van der Waals surface area contributed by atoms with E-state index in [4.69, 9.17) is 28.4 Å². The lowest BCUT2D eigenvalue weighted by Crippen LogP contribution is -2.48. The summed E-state index contributed by atoms with van der Waals surface area (Å²) in [6.45, 7) is 6.49. The summed E-state index contributed by atoms with van der Waals surface area (Å²) in [7, 11) is 0. The molecular weight excluding hydrogens is 796 g/mol. The van der Waals surface area contributed by atoms with Gasteiger partial charge in [0.15, 0.2) is 0 Å². The quantitative estimate of drug-likeness (QED) is 0.187. The van der Waals surface area contributed by atoms with Crippen LogP contribution in [0.25, 0.3) is 0 Å². The number of nitrogens with one attached hydrogen (secondary N) is 4. The molecule has 2 aliphatic rings. The van der Waals surface area contributed by atoms with Crippen LogP contribution in [0.3, 0.4) is 0 Å². The zero-order chi connectivity index (χ0) is 44.2. The van der Waals surface area contributed by atoms with Crippen LogP contribution in [0.2, 0.25) is 0 Å². The third-order valence-electron chi connectivity index (χ3n) is 9.16. The molecule has 2 unspecified atom stereocenters. The zero-order valence-electron chi connectivity index (χ0n) is 34.9. The number of ketones is 2. The molecule has 2 atom stereocenters. The van der Waals surface area contributed by atoms with Gasteiger partial charge in [-0.3, -0.25) is 38.4 Å². The number of hydrogen-bond acceptors (Lipinski definition) is 14. The number of ether oxygens (including phenoxy) is 6. The number of carbonyl (C=O) groups is 8. The molecule has 0 radical (unpaired) electrons. The second kappa shape index (κ2) is 28.8. The molecule has 0 aromatic heterocycles. The molecule has 2 heterocycles. The first-order valence-electron chi connectivity index (χ1n) is 20.6. The van der Waals surface area contributed by atoms with E-state index in [-0.39, 0.29) is 45.8 Å². The van der Waals surface area contributed by atoms with Gasteiger partial charge in [-0.1, -0.05) is 36.4 Å². The lowest BCUT2D eigenvalue weighted by molar-refractivity contribution is -0.145. The third-order valence-corrected chi connectivity index (χ3v) is 9.16. The molecule has 4 rings (SSSR count). The maximum Gasteiger partial charge on any atom is 0.325 e. The van der Waals surface area contributed by atoms with Gasteiger partial charge in [0, 0.05) is 30.9 Å². The number of fused-ring (bicyclic) bond motifs is 2. The Morgan fingerprint density at radius 1 is 0.590 bits per heavy atom. The van der Waals surface area contributed by atoms with E-state index in [9.17, 15) is 38.4 Å². The van der Waals surface area contributed by atoms with E-state index in [0.29, 0.717) is 94.0 Å². The molecule has 0 bridgehead atoms. The van der Waals surface area contributed by atoms with E-state index in [0.717, 1.165) is 0 Å². The van der Waals surface area contributed by atoms with E-state index in [2.05, 4.69) is 21.3 Å². The number of Topliss-reactive ketones (excluding diaryl/α,β-unsaturated/α-hetero) is 2. The summed E-state index contributed by atoms with van der Waals surface area (Å²) in [5, 5.41) is 10.0. The fourth-order valence-corrected chi connectivity index (χ4v) is 6.02. The van der Waals surface area contributed by atoms with Gasteiger partial charge in [-0.15, -0.1) is 0 Å². The number of rotatable bonds is 11. The maximum absolute atomic E-state index is 12.9. The Hall–Kier alpha value is -5.56. The molecule has 2 aromatic rings. The molecule has 18 heteroatoms. The third kappa shape index (κ3) is 18.7. The van der Waals surface area contributed by atoms with E-state index >= 15 is 0 Å². The molecule has 18 nitrogen and oxygen atoms in total. The number of amides is 4.